The van der Waals surface area contributed by atoms with E-state index in [1.165, 1.54) is 4.63 Å². The van der Waals surface area contributed by atoms with Gasteiger partial charge in [0.25, 0.3) is 0 Å². The minimum absolute atomic E-state index is 0.0497. The molecule has 0 amide bonds. The van der Waals surface area contributed by atoms with Crippen molar-refractivity contribution in [3.05, 3.63) is 42.2 Å². The monoisotopic (exact) mass is 283 g/mol. The van der Waals surface area contributed by atoms with Crippen LogP contribution in [0.15, 0.2) is 36.5 Å². The molecule has 0 saturated carbocycles. The first-order valence-corrected chi connectivity index (χ1v) is 6.73. The van der Waals surface area contributed by atoms with Crippen molar-refractivity contribution >= 4 is 11.5 Å². The molecule has 1 saturated heterocycles. The SMILES string of the molecule is c1ccc(C2CN(c3ccc4nnnn4n3)CCO2)nc1. The Kier molecular flexibility index (Phi) is 2.93. The third-order valence-electron chi connectivity index (χ3n) is 3.46. The second kappa shape index (κ2) is 5.06. The second-order valence-corrected chi connectivity index (χ2v) is 4.78. The molecule has 1 atom stereocenters. The van der Waals surface area contributed by atoms with E-state index in [0.717, 1.165) is 18.1 Å². The zero-order chi connectivity index (χ0) is 14.1. The van der Waals surface area contributed by atoms with Gasteiger partial charge in [-0.1, -0.05) is 6.07 Å². The molecule has 0 bridgehead atoms. The van der Waals surface area contributed by atoms with Crippen molar-refractivity contribution in [1.29, 1.82) is 0 Å². The molecule has 3 aromatic heterocycles. The molecule has 0 aliphatic carbocycles. The van der Waals surface area contributed by atoms with E-state index in [1.54, 1.807) is 6.20 Å². The Morgan fingerprint density at radius 3 is 3.10 bits per heavy atom. The van der Waals surface area contributed by atoms with Gasteiger partial charge in [0.1, 0.15) is 6.10 Å². The van der Waals surface area contributed by atoms with Crippen LogP contribution in [-0.2, 0) is 4.74 Å². The van der Waals surface area contributed by atoms with Crippen molar-refractivity contribution in [2.75, 3.05) is 24.6 Å². The molecule has 1 fully saturated rings. The van der Waals surface area contributed by atoms with Crippen LogP contribution in [-0.4, -0.2) is 49.9 Å². The minimum atomic E-state index is -0.0497. The Morgan fingerprint density at radius 2 is 2.19 bits per heavy atom. The van der Waals surface area contributed by atoms with Gasteiger partial charge in [-0.15, -0.1) is 14.8 Å². The van der Waals surface area contributed by atoms with Crippen LogP contribution >= 0.6 is 0 Å². The van der Waals surface area contributed by atoms with Gasteiger partial charge in [0.05, 0.1) is 18.8 Å². The van der Waals surface area contributed by atoms with E-state index < -0.39 is 0 Å². The van der Waals surface area contributed by atoms with Crippen LogP contribution in [0.25, 0.3) is 5.65 Å². The van der Waals surface area contributed by atoms with Crippen molar-refractivity contribution in [3.63, 3.8) is 0 Å². The van der Waals surface area contributed by atoms with Gasteiger partial charge < -0.3 is 9.64 Å². The van der Waals surface area contributed by atoms with Gasteiger partial charge >= 0.3 is 0 Å². The summed E-state index contributed by atoms with van der Waals surface area (Å²) in [5.74, 6) is 0.832. The Hall–Kier alpha value is -2.61. The van der Waals surface area contributed by atoms with Crippen molar-refractivity contribution in [2.45, 2.75) is 6.10 Å². The van der Waals surface area contributed by atoms with E-state index in [-0.39, 0.29) is 6.10 Å². The molecule has 8 nitrogen and oxygen atoms in total. The number of hydrogen-bond donors (Lipinski definition) is 0. The topological polar surface area (TPSA) is 81.3 Å². The molecule has 3 aromatic rings. The normalized spacial score (nSPS) is 19.0. The summed E-state index contributed by atoms with van der Waals surface area (Å²) in [7, 11) is 0. The fourth-order valence-electron chi connectivity index (χ4n) is 2.41. The predicted octanol–water partition coefficient (Wildman–Crippen LogP) is 0.492. The molecule has 1 unspecified atom stereocenters. The highest BCUT2D eigenvalue weighted by molar-refractivity contribution is 5.44. The maximum Gasteiger partial charge on any atom is 0.200 e. The van der Waals surface area contributed by atoms with Crippen LogP contribution < -0.4 is 4.90 Å². The van der Waals surface area contributed by atoms with Crippen LogP contribution in [0.3, 0.4) is 0 Å². The van der Waals surface area contributed by atoms with Crippen molar-refractivity contribution in [2.24, 2.45) is 0 Å². The summed E-state index contributed by atoms with van der Waals surface area (Å²) in [6.45, 7) is 2.12. The number of hydrogen-bond acceptors (Lipinski definition) is 7. The summed E-state index contributed by atoms with van der Waals surface area (Å²) >= 11 is 0. The van der Waals surface area contributed by atoms with Gasteiger partial charge in [0.2, 0.25) is 0 Å². The van der Waals surface area contributed by atoms with Gasteiger partial charge in [0, 0.05) is 12.7 Å². The lowest BCUT2D eigenvalue weighted by molar-refractivity contribution is 0.0367. The first kappa shape index (κ1) is 12.2. The van der Waals surface area contributed by atoms with Crippen LogP contribution in [0.2, 0.25) is 0 Å². The summed E-state index contributed by atoms with van der Waals surface area (Å²) < 4.78 is 7.24. The third-order valence-corrected chi connectivity index (χ3v) is 3.46. The van der Waals surface area contributed by atoms with Gasteiger partial charge in [-0.2, -0.15) is 0 Å². The Labute approximate surface area is 120 Å². The number of rotatable bonds is 2. The summed E-state index contributed by atoms with van der Waals surface area (Å²) in [6, 6.07) is 9.62. The Morgan fingerprint density at radius 1 is 1.19 bits per heavy atom. The Balaban J connectivity index is 1.60. The highest BCUT2D eigenvalue weighted by atomic mass is 16.5. The van der Waals surface area contributed by atoms with Crippen LogP contribution in [0.4, 0.5) is 5.82 Å². The predicted molar refractivity (Wildman–Crippen MR) is 73.7 cm³/mol. The summed E-state index contributed by atoms with van der Waals surface area (Å²) in [5, 5.41) is 15.7. The zero-order valence-electron chi connectivity index (χ0n) is 11.2. The molecule has 8 heteroatoms. The van der Waals surface area contributed by atoms with E-state index in [4.69, 9.17) is 4.74 Å². The molecular weight excluding hydrogens is 270 g/mol. The average molecular weight is 283 g/mol. The maximum atomic E-state index is 5.81. The molecule has 0 radical (unpaired) electrons. The number of anilines is 1. The minimum Gasteiger partial charge on any atom is -0.368 e. The summed E-state index contributed by atoms with van der Waals surface area (Å²) in [5.41, 5.74) is 1.57. The van der Waals surface area contributed by atoms with E-state index in [0.29, 0.717) is 18.8 Å². The van der Waals surface area contributed by atoms with E-state index in [9.17, 15) is 0 Å². The molecule has 106 valence electrons. The van der Waals surface area contributed by atoms with E-state index in [1.807, 2.05) is 30.3 Å². The summed E-state index contributed by atoms with van der Waals surface area (Å²) in [6.07, 6.45) is 1.73. The van der Waals surface area contributed by atoms with Crippen LogP contribution in [0, 0.1) is 0 Å². The molecule has 1 aliphatic heterocycles. The van der Waals surface area contributed by atoms with Crippen molar-refractivity contribution in [3.8, 4) is 0 Å². The van der Waals surface area contributed by atoms with Gasteiger partial charge in [-0.25, -0.2) is 0 Å². The fraction of sp³-hybridized carbons (Fsp3) is 0.308. The molecule has 4 heterocycles. The van der Waals surface area contributed by atoms with Crippen LogP contribution in [0.5, 0.6) is 0 Å². The lowest BCUT2D eigenvalue weighted by atomic mass is 10.2. The molecular formula is C13H13N7O. The quantitative estimate of drug-likeness (QED) is 0.677. The first-order chi connectivity index (χ1) is 10.4. The number of fused-ring (bicyclic) bond motifs is 1. The number of tetrazole rings is 1. The highest BCUT2D eigenvalue weighted by Crippen LogP contribution is 2.23. The smallest absolute Gasteiger partial charge is 0.200 e. The summed E-state index contributed by atoms with van der Waals surface area (Å²) in [4.78, 5) is 6.52. The van der Waals surface area contributed by atoms with E-state index in [2.05, 4.69) is 30.5 Å². The molecule has 21 heavy (non-hydrogen) atoms. The number of pyridine rings is 1. The first-order valence-electron chi connectivity index (χ1n) is 6.73. The zero-order valence-corrected chi connectivity index (χ0v) is 11.2. The fourth-order valence-corrected chi connectivity index (χ4v) is 2.41. The van der Waals surface area contributed by atoms with Crippen LogP contribution in [0.1, 0.15) is 11.8 Å². The van der Waals surface area contributed by atoms with E-state index >= 15 is 0 Å². The number of ether oxygens (including phenoxy) is 1. The molecule has 0 spiro atoms. The number of aromatic nitrogens is 6. The van der Waals surface area contributed by atoms with Gasteiger partial charge in [-0.05, 0) is 34.7 Å². The molecule has 0 aromatic carbocycles. The largest absolute Gasteiger partial charge is 0.368 e. The van der Waals surface area contributed by atoms with Crippen molar-refractivity contribution < 1.29 is 4.74 Å². The van der Waals surface area contributed by atoms with Gasteiger partial charge in [-0.3, -0.25) is 4.98 Å². The van der Waals surface area contributed by atoms with Gasteiger partial charge in [0.15, 0.2) is 11.5 Å². The Bertz CT molecular complexity index is 744. The third kappa shape index (κ3) is 2.29. The van der Waals surface area contributed by atoms with Crippen molar-refractivity contribution in [1.82, 2.24) is 30.2 Å². The number of nitrogens with zero attached hydrogens (tertiary/aromatic N) is 7. The highest BCUT2D eigenvalue weighted by Gasteiger charge is 2.24. The lowest BCUT2D eigenvalue weighted by Gasteiger charge is -2.33. The number of morpholine rings is 1. The molecule has 0 N–H and O–H groups in total. The standard InChI is InChI=1S/C13H13N7O/c1-2-6-14-10(3-1)11-9-19(7-8-21-11)13-5-4-12-15-17-18-20(12)16-13/h1-6,11H,7-9H2. The molecule has 1 aliphatic rings. The molecule has 4 rings (SSSR count). The lowest BCUT2D eigenvalue weighted by Crippen LogP contribution is -2.39. The maximum absolute atomic E-state index is 5.81. The average Bonchev–Trinajstić information content (AvgIpc) is 3.03. The second-order valence-electron chi connectivity index (χ2n) is 4.78.